The lowest BCUT2D eigenvalue weighted by Gasteiger charge is -2.32. The van der Waals surface area contributed by atoms with Crippen LogP contribution in [0.3, 0.4) is 0 Å². The molecule has 2 nitrogen and oxygen atoms in total. The van der Waals surface area contributed by atoms with Crippen LogP contribution in [-0.2, 0) is 0 Å². The molecule has 42 heavy (non-hydrogen) atoms. The maximum absolute atomic E-state index is 11.9. The van der Waals surface area contributed by atoms with Gasteiger partial charge in [-0.1, -0.05) is 136 Å². The zero-order valence-corrected chi connectivity index (χ0v) is 27.5. The molecule has 3 heteroatoms. The molecule has 1 atom stereocenters. The Kier molecular flexibility index (Phi) is 9.58. The first-order valence-electron chi connectivity index (χ1n) is 16.9. The highest BCUT2D eigenvalue weighted by atomic mass is 16.2. The third-order valence-electron chi connectivity index (χ3n) is 10.3. The summed E-state index contributed by atoms with van der Waals surface area (Å²) < 4.78 is 0. The summed E-state index contributed by atoms with van der Waals surface area (Å²) in [6, 6.07) is 20.8. The van der Waals surface area contributed by atoms with Crippen LogP contribution in [0.5, 0.6) is 0 Å². The van der Waals surface area contributed by atoms with Crippen molar-refractivity contribution >= 4 is 12.6 Å². The van der Waals surface area contributed by atoms with E-state index in [1.807, 2.05) is 0 Å². The molecule has 0 spiro atoms. The predicted molar refractivity (Wildman–Crippen MR) is 184 cm³/mol. The van der Waals surface area contributed by atoms with Gasteiger partial charge < -0.3 is 10.3 Å². The van der Waals surface area contributed by atoms with E-state index in [2.05, 4.69) is 115 Å². The van der Waals surface area contributed by atoms with Crippen LogP contribution >= 0.6 is 0 Å². The summed E-state index contributed by atoms with van der Waals surface area (Å²) in [4.78, 5) is 0. The minimum Gasteiger partial charge on any atom is -0.448 e. The summed E-state index contributed by atoms with van der Waals surface area (Å²) in [6.07, 6.45) is 7.21. The van der Waals surface area contributed by atoms with Gasteiger partial charge in [-0.25, -0.2) is 0 Å². The number of para-hydroxylation sites is 1. The third-order valence-corrected chi connectivity index (χ3v) is 10.3. The molecule has 2 aliphatic rings. The zero-order chi connectivity index (χ0) is 30.1. The predicted octanol–water partition coefficient (Wildman–Crippen LogP) is 11.2. The Morgan fingerprint density at radius 2 is 0.976 bits per heavy atom. The summed E-state index contributed by atoms with van der Waals surface area (Å²) in [6.45, 7) is 18.3. The van der Waals surface area contributed by atoms with Crippen molar-refractivity contribution in [3.05, 3.63) is 76.9 Å². The monoisotopic (exact) mass is 563 g/mol. The lowest BCUT2D eigenvalue weighted by atomic mass is 9.48. The average Bonchev–Trinajstić information content (AvgIpc) is 3.18. The summed E-state index contributed by atoms with van der Waals surface area (Å²) >= 11 is 0. The van der Waals surface area contributed by atoms with E-state index >= 15 is 0 Å². The van der Waals surface area contributed by atoms with E-state index in [0.717, 1.165) is 12.8 Å². The van der Waals surface area contributed by atoms with E-state index in [0.29, 0.717) is 35.4 Å². The van der Waals surface area contributed by atoms with Crippen molar-refractivity contribution in [2.75, 3.05) is 5.32 Å². The maximum Gasteiger partial charge on any atom is 0.315 e. The topological polar surface area (TPSA) is 32.3 Å². The van der Waals surface area contributed by atoms with Crippen LogP contribution in [0.4, 0.5) is 5.69 Å². The van der Waals surface area contributed by atoms with Crippen molar-refractivity contribution in [2.45, 2.75) is 129 Å². The van der Waals surface area contributed by atoms with E-state index in [9.17, 15) is 5.02 Å². The quantitative estimate of drug-likeness (QED) is 0.267. The first-order valence-corrected chi connectivity index (χ1v) is 16.9. The van der Waals surface area contributed by atoms with Gasteiger partial charge in [0.25, 0.3) is 0 Å². The van der Waals surface area contributed by atoms with E-state index in [-0.39, 0.29) is 12.9 Å². The van der Waals surface area contributed by atoms with E-state index in [4.69, 9.17) is 0 Å². The Labute approximate surface area is 256 Å². The molecule has 0 aromatic heterocycles. The van der Waals surface area contributed by atoms with Crippen LogP contribution in [0, 0.1) is 5.92 Å². The van der Waals surface area contributed by atoms with Crippen LogP contribution in [0.1, 0.15) is 140 Å². The second kappa shape index (κ2) is 13.0. The van der Waals surface area contributed by atoms with Gasteiger partial charge in [-0.15, -0.1) is 0 Å². The second-order valence-corrected chi connectivity index (χ2v) is 14.5. The summed E-state index contributed by atoms with van der Waals surface area (Å²) in [5.41, 5.74) is 12.2. The van der Waals surface area contributed by atoms with Gasteiger partial charge in [0.2, 0.25) is 0 Å². The van der Waals surface area contributed by atoms with Crippen molar-refractivity contribution in [1.29, 1.82) is 0 Å². The second-order valence-electron chi connectivity index (χ2n) is 14.5. The molecule has 5 rings (SSSR count). The van der Waals surface area contributed by atoms with Crippen molar-refractivity contribution in [2.24, 2.45) is 5.92 Å². The number of nitrogens with one attached hydrogen (secondary N) is 1. The molecule has 2 heterocycles. The third kappa shape index (κ3) is 5.96. The van der Waals surface area contributed by atoms with Crippen LogP contribution < -0.4 is 5.32 Å². The molecule has 2 bridgehead atoms. The SMILES string of the molecule is CC(C)c1cccc(C(C)C)c1-c1cccc(-c2c(C(C)C)cccc2C(C)C)c1N[C@@H]1B(O)C2CCCC1CCC2. The molecule has 3 aromatic carbocycles. The lowest BCUT2D eigenvalue weighted by molar-refractivity contribution is 0.398. The summed E-state index contributed by atoms with van der Waals surface area (Å²) in [5.74, 6) is 2.61. The highest BCUT2D eigenvalue weighted by Gasteiger charge is 2.42. The summed E-state index contributed by atoms with van der Waals surface area (Å²) in [5, 5.41) is 16.1. The Balaban J connectivity index is 1.84. The average molecular weight is 564 g/mol. The number of fused-ring (bicyclic) bond motifs is 3. The van der Waals surface area contributed by atoms with Crippen molar-refractivity contribution in [3.8, 4) is 22.3 Å². The van der Waals surface area contributed by atoms with Crippen LogP contribution in [0.15, 0.2) is 54.6 Å². The molecule has 2 N–H and O–H groups in total. The Hall–Kier alpha value is -2.52. The van der Waals surface area contributed by atoms with Crippen molar-refractivity contribution in [1.82, 2.24) is 0 Å². The van der Waals surface area contributed by atoms with Crippen LogP contribution in [0.25, 0.3) is 22.3 Å². The maximum atomic E-state index is 11.9. The smallest absolute Gasteiger partial charge is 0.315 e. The standard InChI is InChI=1S/C39H54BNO/c1-24(2)30-18-11-19-31(25(3)4)36(30)34-22-13-23-35(37-32(26(5)6)20-12-21-33(37)27(7)8)38(34)41-39-28-14-9-16-29(40(39)42)17-10-15-28/h11-13,18-29,39,41-42H,9-10,14-17H2,1-8H3/t28?,29?,39-/m0/s1. The lowest BCUT2D eigenvalue weighted by Crippen LogP contribution is -2.44. The Morgan fingerprint density at radius 1 is 0.595 bits per heavy atom. The molecule has 3 aromatic rings. The fraction of sp³-hybridized carbons (Fsp3) is 0.538. The zero-order valence-electron chi connectivity index (χ0n) is 27.5. The van der Waals surface area contributed by atoms with Crippen LogP contribution in [0.2, 0.25) is 5.82 Å². The minimum atomic E-state index is -0.310. The number of anilines is 1. The van der Waals surface area contributed by atoms with Crippen molar-refractivity contribution < 1.29 is 5.02 Å². The molecule has 2 aliphatic heterocycles. The molecule has 0 saturated carbocycles. The highest BCUT2D eigenvalue weighted by molar-refractivity contribution is 6.55. The fourth-order valence-electron chi connectivity index (χ4n) is 8.06. The van der Waals surface area contributed by atoms with Gasteiger partial charge in [0.1, 0.15) is 0 Å². The van der Waals surface area contributed by atoms with Crippen LogP contribution in [-0.4, -0.2) is 17.9 Å². The molecule has 0 radical (unpaired) electrons. The molecule has 0 aliphatic carbocycles. The van der Waals surface area contributed by atoms with Gasteiger partial charge in [0, 0.05) is 22.8 Å². The molecule has 2 saturated heterocycles. The van der Waals surface area contributed by atoms with Gasteiger partial charge in [-0.2, -0.15) is 0 Å². The van der Waals surface area contributed by atoms with E-state index in [1.54, 1.807) is 0 Å². The normalized spacial score (nSPS) is 21.0. The first kappa shape index (κ1) is 30.9. The molecule has 224 valence electrons. The molecular formula is C39H54BNO. The Bertz CT molecular complexity index is 1230. The molecule has 2 fully saturated rings. The fourth-order valence-corrected chi connectivity index (χ4v) is 8.06. The summed E-state index contributed by atoms with van der Waals surface area (Å²) in [7, 11) is 0. The van der Waals surface area contributed by atoms with Gasteiger partial charge in [0.15, 0.2) is 0 Å². The van der Waals surface area contributed by atoms with E-state index < -0.39 is 0 Å². The number of hydrogen-bond acceptors (Lipinski definition) is 2. The Morgan fingerprint density at radius 3 is 1.36 bits per heavy atom. The largest absolute Gasteiger partial charge is 0.448 e. The van der Waals surface area contributed by atoms with Gasteiger partial charge >= 0.3 is 6.92 Å². The minimum absolute atomic E-state index is 0.0716. The number of rotatable bonds is 8. The van der Waals surface area contributed by atoms with Gasteiger partial charge in [-0.3, -0.25) is 0 Å². The van der Waals surface area contributed by atoms with Gasteiger partial charge in [-0.05, 0) is 81.6 Å². The molecular weight excluding hydrogens is 509 g/mol. The first-order chi connectivity index (χ1) is 20.1. The number of hydrogen-bond donors (Lipinski definition) is 2. The van der Waals surface area contributed by atoms with Gasteiger partial charge in [0.05, 0.1) is 0 Å². The highest BCUT2D eigenvalue weighted by Crippen LogP contribution is 2.48. The number of benzene rings is 3. The molecule has 0 unspecified atom stereocenters. The molecule has 0 amide bonds. The van der Waals surface area contributed by atoms with E-state index in [1.165, 1.54) is 75.9 Å². The van der Waals surface area contributed by atoms with Crippen molar-refractivity contribution in [3.63, 3.8) is 0 Å².